The molecule has 1 amide bonds. The second-order valence-corrected chi connectivity index (χ2v) is 7.78. The maximum atomic E-state index is 13.4. The Kier molecular flexibility index (Phi) is 3.99. The van der Waals surface area contributed by atoms with Crippen LogP contribution in [0.2, 0.25) is 0 Å². The molecular weight excluding hydrogens is 340 g/mol. The molecule has 1 fully saturated rings. The molecule has 0 unspecified atom stereocenters. The van der Waals surface area contributed by atoms with Crippen LogP contribution in [-0.4, -0.2) is 39.0 Å². The largest absolute Gasteiger partial charge is 0.358 e. The topological polar surface area (TPSA) is 75.0 Å². The Morgan fingerprint density at radius 3 is 3.00 bits per heavy atom. The monoisotopic (exact) mass is 364 g/mol. The van der Waals surface area contributed by atoms with Crippen LogP contribution in [0.15, 0.2) is 22.7 Å². The van der Waals surface area contributed by atoms with Crippen LogP contribution in [0.5, 0.6) is 0 Å². The lowest BCUT2D eigenvalue weighted by Gasteiger charge is -2.31. The number of para-hydroxylation sites is 1. The highest BCUT2D eigenvalue weighted by atomic mass is 16.5. The SMILES string of the molecule is Cc1nc([C@@H]2CCCN(C(=O)c3cccc4c5c([nH]c34)CCCC5)C2)no1. The minimum atomic E-state index is 0.101. The van der Waals surface area contributed by atoms with Crippen LogP contribution in [0.4, 0.5) is 0 Å². The molecule has 1 aliphatic heterocycles. The molecule has 2 aromatic heterocycles. The van der Waals surface area contributed by atoms with E-state index in [-0.39, 0.29) is 11.8 Å². The van der Waals surface area contributed by atoms with Gasteiger partial charge in [-0.25, -0.2) is 0 Å². The van der Waals surface area contributed by atoms with Gasteiger partial charge in [0.05, 0.1) is 11.1 Å². The minimum absolute atomic E-state index is 0.101. The van der Waals surface area contributed by atoms with E-state index < -0.39 is 0 Å². The van der Waals surface area contributed by atoms with Crippen LogP contribution in [0.1, 0.15) is 64.9 Å². The number of fused-ring (bicyclic) bond motifs is 3. The number of piperidine rings is 1. The molecule has 3 heterocycles. The van der Waals surface area contributed by atoms with Gasteiger partial charge in [-0.3, -0.25) is 4.79 Å². The van der Waals surface area contributed by atoms with Crippen molar-refractivity contribution in [1.82, 2.24) is 20.0 Å². The molecule has 1 N–H and O–H groups in total. The average molecular weight is 364 g/mol. The molecule has 27 heavy (non-hydrogen) atoms. The maximum Gasteiger partial charge on any atom is 0.256 e. The Balaban J connectivity index is 1.46. The molecule has 5 rings (SSSR count). The standard InChI is InChI=1S/C21H24N4O2/c1-13-22-20(24-27-13)14-6-5-11-25(12-14)21(26)17-9-4-8-16-15-7-2-3-10-18(15)23-19(16)17/h4,8-9,14,23H,2-3,5-7,10-12H2,1H3/t14-/m1/s1. The second kappa shape index (κ2) is 6.51. The van der Waals surface area contributed by atoms with Gasteiger partial charge in [0.25, 0.3) is 5.91 Å². The highest BCUT2D eigenvalue weighted by Crippen LogP contribution is 2.32. The number of nitrogens with zero attached hydrogens (tertiary/aromatic N) is 3. The van der Waals surface area contributed by atoms with Crippen molar-refractivity contribution >= 4 is 16.8 Å². The number of hydrogen-bond acceptors (Lipinski definition) is 4. The number of rotatable bonds is 2. The number of aromatic amines is 1. The summed E-state index contributed by atoms with van der Waals surface area (Å²) in [7, 11) is 0. The van der Waals surface area contributed by atoms with Gasteiger partial charge < -0.3 is 14.4 Å². The van der Waals surface area contributed by atoms with E-state index in [2.05, 4.69) is 21.2 Å². The Hall–Kier alpha value is -2.63. The molecule has 0 spiro atoms. The summed E-state index contributed by atoms with van der Waals surface area (Å²) in [4.78, 5) is 23.2. The summed E-state index contributed by atoms with van der Waals surface area (Å²) in [6, 6.07) is 6.12. The van der Waals surface area contributed by atoms with Crippen molar-refractivity contribution in [2.75, 3.05) is 13.1 Å². The van der Waals surface area contributed by atoms with Crippen LogP contribution >= 0.6 is 0 Å². The van der Waals surface area contributed by atoms with Crippen molar-refractivity contribution < 1.29 is 9.32 Å². The molecule has 1 atom stereocenters. The van der Waals surface area contributed by atoms with Crippen molar-refractivity contribution in [3.63, 3.8) is 0 Å². The van der Waals surface area contributed by atoms with Gasteiger partial charge in [0.2, 0.25) is 5.89 Å². The van der Waals surface area contributed by atoms with Crippen molar-refractivity contribution in [1.29, 1.82) is 0 Å². The predicted octanol–water partition coefficient (Wildman–Crippen LogP) is 3.76. The first-order valence-corrected chi connectivity index (χ1v) is 9.92. The van der Waals surface area contributed by atoms with Crippen molar-refractivity contribution in [3.8, 4) is 0 Å². The van der Waals surface area contributed by atoms with E-state index in [1.54, 1.807) is 6.92 Å². The zero-order valence-electron chi connectivity index (χ0n) is 15.6. The summed E-state index contributed by atoms with van der Waals surface area (Å²) >= 11 is 0. The zero-order chi connectivity index (χ0) is 18.4. The number of carbonyl (C=O) groups excluding carboxylic acids is 1. The van der Waals surface area contributed by atoms with Crippen molar-refractivity contribution in [2.45, 2.75) is 51.4 Å². The van der Waals surface area contributed by atoms with Gasteiger partial charge in [-0.1, -0.05) is 17.3 Å². The number of aromatic nitrogens is 3. The van der Waals surface area contributed by atoms with E-state index in [9.17, 15) is 4.79 Å². The van der Waals surface area contributed by atoms with Crippen molar-refractivity contribution in [3.05, 3.63) is 46.7 Å². The predicted molar refractivity (Wildman–Crippen MR) is 102 cm³/mol. The molecule has 140 valence electrons. The molecule has 1 saturated heterocycles. The fourth-order valence-electron chi connectivity index (χ4n) is 4.63. The first-order valence-electron chi connectivity index (χ1n) is 9.92. The first kappa shape index (κ1) is 16.5. The summed E-state index contributed by atoms with van der Waals surface area (Å²) in [6.07, 6.45) is 6.60. The number of likely N-dealkylation sites (tertiary alicyclic amines) is 1. The molecular formula is C21H24N4O2. The fourth-order valence-corrected chi connectivity index (χ4v) is 4.63. The van der Waals surface area contributed by atoms with Gasteiger partial charge in [-0.05, 0) is 50.2 Å². The summed E-state index contributed by atoms with van der Waals surface area (Å²) in [5.74, 6) is 1.55. The van der Waals surface area contributed by atoms with Gasteiger partial charge in [0.1, 0.15) is 0 Å². The van der Waals surface area contributed by atoms with Crippen LogP contribution in [-0.2, 0) is 12.8 Å². The number of benzene rings is 1. The van der Waals surface area contributed by atoms with Gasteiger partial charge in [-0.2, -0.15) is 4.98 Å². The average Bonchev–Trinajstić information content (AvgIpc) is 3.31. The van der Waals surface area contributed by atoms with E-state index in [0.717, 1.165) is 49.1 Å². The normalized spacial score (nSPS) is 20.0. The third kappa shape index (κ3) is 2.83. The van der Waals surface area contributed by atoms with Crippen LogP contribution in [0, 0.1) is 6.92 Å². The number of H-pyrrole nitrogens is 1. The summed E-state index contributed by atoms with van der Waals surface area (Å²) in [6.45, 7) is 3.23. The summed E-state index contributed by atoms with van der Waals surface area (Å²) < 4.78 is 5.13. The van der Waals surface area contributed by atoms with Gasteiger partial charge in [-0.15, -0.1) is 0 Å². The maximum absolute atomic E-state index is 13.4. The Morgan fingerprint density at radius 2 is 2.15 bits per heavy atom. The number of nitrogens with one attached hydrogen (secondary N) is 1. The van der Waals surface area contributed by atoms with Crippen LogP contribution in [0.25, 0.3) is 10.9 Å². The molecule has 2 aliphatic rings. The Labute approximate surface area is 157 Å². The second-order valence-electron chi connectivity index (χ2n) is 7.78. The first-order chi connectivity index (χ1) is 13.2. The lowest BCUT2D eigenvalue weighted by molar-refractivity contribution is 0.0705. The number of amides is 1. The third-order valence-electron chi connectivity index (χ3n) is 5.98. The molecule has 0 radical (unpaired) electrons. The fraction of sp³-hybridized carbons (Fsp3) is 0.476. The van der Waals surface area contributed by atoms with Crippen molar-refractivity contribution in [2.24, 2.45) is 0 Å². The Bertz CT molecular complexity index is 1000. The van der Waals surface area contributed by atoms with Gasteiger partial charge in [0.15, 0.2) is 5.82 Å². The molecule has 0 saturated carbocycles. The lowest BCUT2D eigenvalue weighted by atomic mass is 9.94. The van der Waals surface area contributed by atoms with Gasteiger partial charge >= 0.3 is 0 Å². The van der Waals surface area contributed by atoms with E-state index >= 15 is 0 Å². The van der Waals surface area contributed by atoms with E-state index in [0.29, 0.717) is 12.4 Å². The lowest BCUT2D eigenvalue weighted by Crippen LogP contribution is -2.39. The molecule has 6 nitrogen and oxygen atoms in total. The molecule has 6 heteroatoms. The van der Waals surface area contributed by atoms with Crippen LogP contribution < -0.4 is 0 Å². The quantitative estimate of drug-likeness (QED) is 0.751. The summed E-state index contributed by atoms with van der Waals surface area (Å²) in [5, 5.41) is 5.29. The Morgan fingerprint density at radius 1 is 1.26 bits per heavy atom. The highest BCUT2D eigenvalue weighted by molar-refractivity contribution is 6.06. The zero-order valence-corrected chi connectivity index (χ0v) is 15.6. The number of carbonyl (C=O) groups is 1. The van der Waals surface area contributed by atoms with E-state index in [4.69, 9.17) is 4.52 Å². The number of aryl methyl sites for hydroxylation is 3. The molecule has 1 aliphatic carbocycles. The molecule has 3 aromatic rings. The smallest absolute Gasteiger partial charge is 0.256 e. The van der Waals surface area contributed by atoms with Crippen LogP contribution in [0.3, 0.4) is 0 Å². The summed E-state index contributed by atoms with van der Waals surface area (Å²) in [5.41, 5.74) is 4.51. The van der Waals surface area contributed by atoms with Gasteiger partial charge in [0, 0.05) is 37.0 Å². The third-order valence-corrected chi connectivity index (χ3v) is 5.98. The van der Waals surface area contributed by atoms with E-state index in [1.165, 1.54) is 29.5 Å². The number of hydrogen-bond donors (Lipinski definition) is 1. The molecule has 0 bridgehead atoms. The van der Waals surface area contributed by atoms with E-state index in [1.807, 2.05) is 17.0 Å². The minimum Gasteiger partial charge on any atom is -0.358 e. The molecule has 1 aromatic carbocycles. The highest BCUT2D eigenvalue weighted by Gasteiger charge is 2.29.